The number of amides is 4. The number of carbonyl (C=O) groups is 3. The maximum Gasteiger partial charge on any atom is 0.327 e. The van der Waals surface area contributed by atoms with Crippen LogP contribution in [0.15, 0.2) is 42.5 Å². The number of β-lactam (4-membered cyclic amide) rings is 1. The minimum atomic E-state index is -0.801. The first-order valence-electron chi connectivity index (χ1n) is 14.6. The molecule has 0 unspecified atom stereocenters. The first kappa shape index (κ1) is 28.7. The summed E-state index contributed by atoms with van der Waals surface area (Å²) in [6, 6.07) is 11.8. The Morgan fingerprint density at radius 2 is 1.68 bits per heavy atom. The molecule has 1 N–H and O–H groups in total. The minimum Gasteiger partial charge on any atom is -0.469 e. The van der Waals surface area contributed by atoms with Crippen LogP contribution >= 0.6 is 0 Å². The van der Waals surface area contributed by atoms with E-state index in [9.17, 15) is 14.4 Å². The van der Waals surface area contributed by atoms with Crippen LogP contribution in [0.3, 0.4) is 0 Å². The zero-order valence-corrected chi connectivity index (χ0v) is 24.4. The van der Waals surface area contributed by atoms with Crippen LogP contribution in [-0.4, -0.2) is 78.8 Å². The fraction of sp³-hybridized carbons (Fsp3) is 0.516. The molecule has 0 radical (unpaired) electrons. The second kappa shape index (κ2) is 12.0. The van der Waals surface area contributed by atoms with Gasteiger partial charge >= 0.3 is 6.03 Å². The van der Waals surface area contributed by atoms with Crippen LogP contribution in [0.2, 0.25) is 0 Å². The smallest absolute Gasteiger partial charge is 0.327 e. The molecule has 2 aromatic rings. The highest BCUT2D eigenvalue weighted by atomic mass is 16.7. The number of hydrogen-bond donors (Lipinski definition) is 1. The van der Waals surface area contributed by atoms with Gasteiger partial charge in [0.2, 0.25) is 12.7 Å². The van der Waals surface area contributed by atoms with E-state index in [1.165, 1.54) is 4.90 Å². The van der Waals surface area contributed by atoms with Crippen molar-refractivity contribution in [3.8, 4) is 17.2 Å². The van der Waals surface area contributed by atoms with Crippen molar-refractivity contribution < 1.29 is 28.6 Å². The van der Waals surface area contributed by atoms with Gasteiger partial charge in [-0.3, -0.25) is 9.59 Å². The number of nitrogens with one attached hydrogen (secondary N) is 1. The van der Waals surface area contributed by atoms with Crippen LogP contribution < -0.4 is 19.5 Å². The molecule has 2 saturated heterocycles. The SMILES string of the molecule is CCC[C@@H](NC(=O)N1C(=O)C(CC)(CC)[C@H]1Oc1ccc(C(=O)N2CCN(C)CC2)cc1)c1ccc2c(c1)OCO2. The molecule has 2 aromatic carbocycles. The van der Waals surface area contributed by atoms with Gasteiger partial charge in [-0.1, -0.05) is 33.3 Å². The number of imide groups is 1. The zero-order chi connectivity index (χ0) is 29.1. The van der Waals surface area contributed by atoms with Gasteiger partial charge in [0, 0.05) is 31.7 Å². The third kappa shape index (κ3) is 5.45. The number of likely N-dealkylation sites (tertiary alicyclic amines) is 1. The van der Waals surface area contributed by atoms with E-state index in [0.717, 1.165) is 25.1 Å². The molecular weight excluding hydrogens is 524 g/mol. The average Bonchev–Trinajstić information content (AvgIpc) is 3.46. The van der Waals surface area contributed by atoms with Crippen molar-refractivity contribution in [1.29, 1.82) is 0 Å². The summed E-state index contributed by atoms with van der Waals surface area (Å²) in [5.41, 5.74) is 0.669. The lowest BCUT2D eigenvalue weighted by Gasteiger charge is -2.53. The quantitative estimate of drug-likeness (QED) is 0.451. The molecule has 0 spiro atoms. The van der Waals surface area contributed by atoms with Crippen LogP contribution in [0.1, 0.15) is 68.4 Å². The number of fused-ring (bicyclic) bond motifs is 1. The van der Waals surface area contributed by atoms with Crippen molar-refractivity contribution in [2.75, 3.05) is 40.0 Å². The first-order valence-corrected chi connectivity index (χ1v) is 14.6. The molecule has 0 aromatic heterocycles. The molecule has 2 atom stereocenters. The fourth-order valence-corrected chi connectivity index (χ4v) is 5.86. The predicted octanol–water partition coefficient (Wildman–Crippen LogP) is 4.41. The van der Waals surface area contributed by atoms with Crippen LogP contribution in [-0.2, 0) is 4.79 Å². The van der Waals surface area contributed by atoms with Gasteiger partial charge in [-0.15, -0.1) is 0 Å². The van der Waals surface area contributed by atoms with Gasteiger partial charge in [-0.25, -0.2) is 9.69 Å². The zero-order valence-electron chi connectivity index (χ0n) is 24.4. The van der Waals surface area contributed by atoms with Crippen molar-refractivity contribution in [3.63, 3.8) is 0 Å². The first-order chi connectivity index (χ1) is 19.8. The summed E-state index contributed by atoms with van der Waals surface area (Å²) in [7, 11) is 2.05. The van der Waals surface area contributed by atoms with Crippen molar-refractivity contribution in [2.24, 2.45) is 5.41 Å². The molecular formula is C31H40N4O6. The third-order valence-corrected chi connectivity index (χ3v) is 8.65. The van der Waals surface area contributed by atoms with Gasteiger partial charge in [0.1, 0.15) is 11.2 Å². The maximum atomic E-state index is 13.6. The largest absolute Gasteiger partial charge is 0.469 e. The Morgan fingerprint density at radius 1 is 1.00 bits per heavy atom. The van der Waals surface area contributed by atoms with Gasteiger partial charge < -0.3 is 29.3 Å². The Kier molecular flexibility index (Phi) is 8.40. The van der Waals surface area contributed by atoms with E-state index in [2.05, 4.69) is 17.3 Å². The lowest BCUT2D eigenvalue weighted by atomic mass is 9.72. The molecule has 0 saturated carbocycles. The van der Waals surface area contributed by atoms with Crippen LogP contribution in [0, 0.1) is 5.41 Å². The summed E-state index contributed by atoms with van der Waals surface area (Å²) < 4.78 is 17.3. The van der Waals surface area contributed by atoms with Gasteiger partial charge in [0.15, 0.2) is 17.7 Å². The van der Waals surface area contributed by atoms with Crippen LogP contribution in [0.25, 0.3) is 0 Å². The highest BCUT2D eigenvalue weighted by Gasteiger charge is 2.63. The predicted molar refractivity (Wildman–Crippen MR) is 153 cm³/mol. The molecule has 0 aliphatic carbocycles. The molecule has 3 heterocycles. The Balaban J connectivity index is 1.31. The number of urea groups is 1. The monoisotopic (exact) mass is 564 g/mol. The number of likely N-dealkylation sites (N-methyl/N-ethyl adjacent to an activating group) is 1. The van der Waals surface area contributed by atoms with Crippen LogP contribution in [0.5, 0.6) is 17.2 Å². The maximum absolute atomic E-state index is 13.6. The minimum absolute atomic E-state index is 0.00794. The summed E-state index contributed by atoms with van der Waals surface area (Å²) in [4.78, 5) is 45.3. The Morgan fingerprint density at radius 3 is 2.34 bits per heavy atom. The highest BCUT2D eigenvalue weighted by molar-refractivity contribution is 6.03. The standard InChI is InChI=1S/C31H40N4O6/c1-5-8-24(22-11-14-25-26(19-22)40-20-39-25)32-30(38)35-28(37)31(6-2,7-3)29(35)41-23-12-9-21(10-13-23)27(36)34-17-15-33(4)16-18-34/h9-14,19,24,29H,5-8,15-18,20H2,1-4H3,(H,32,38)/t24-,29-/m1/s1. The van der Waals surface area contributed by atoms with Gasteiger partial charge in [-0.2, -0.15) is 0 Å². The van der Waals surface area contributed by atoms with E-state index in [0.29, 0.717) is 55.2 Å². The molecule has 0 bridgehead atoms. The number of ether oxygens (including phenoxy) is 3. The van der Waals surface area contributed by atoms with Crippen molar-refractivity contribution in [2.45, 2.75) is 58.7 Å². The van der Waals surface area contributed by atoms with E-state index in [-0.39, 0.29) is 24.6 Å². The van der Waals surface area contributed by atoms with Crippen LogP contribution in [0.4, 0.5) is 4.79 Å². The second-order valence-electron chi connectivity index (χ2n) is 11.0. The third-order valence-electron chi connectivity index (χ3n) is 8.65. The molecule has 3 aliphatic heterocycles. The van der Waals surface area contributed by atoms with E-state index in [1.54, 1.807) is 24.3 Å². The van der Waals surface area contributed by atoms with Gasteiger partial charge in [-0.05, 0) is 68.3 Å². The van der Waals surface area contributed by atoms with E-state index < -0.39 is 17.7 Å². The number of rotatable bonds is 9. The molecule has 5 rings (SSSR count). The second-order valence-corrected chi connectivity index (χ2v) is 11.0. The molecule has 10 nitrogen and oxygen atoms in total. The Bertz CT molecular complexity index is 1270. The number of nitrogens with zero attached hydrogens (tertiary/aromatic N) is 3. The van der Waals surface area contributed by atoms with E-state index in [1.807, 2.05) is 43.9 Å². The lowest BCUT2D eigenvalue weighted by Crippen LogP contribution is -2.73. The molecule has 10 heteroatoms. The molecule has 3 aliphatic rings. The van der Waals surface area contributed by atoms with E-state index in [4.69, 9.17) is 14.2 Å². The summed E-state index contributed by atoms with van der Waals surface area (Å²) in [5.74, 6) is 1.57. The van der Waals surface area contributed by atoms with Crippen molar-refractivity contribution >= 4 is 17.8 Å². The molecule has 41 heavy (non-hydrogen) atoms. The molecule has 4 amide bonds. The number of piperazine rings is 1. The summed E-state index contributed by atoms with van der Waals surface area (Å²) in [6.45, 7) is 9.20. The highest BCUT2D eigenvalue weighted by Crippen LogP contribution is 2.46. The Hall–Kier alpha value is -3.79. The normalized spacial score (nSPS) is 20.4. The van der Waals surface area contributed by atoms with Gasteiger partial charge in [0.25, 0.3) is 5.91 Å². The summed E-state index contributed by atoms with van der Waals surface area (Å²) in [6.07, 6.45) is 1.84. The molecule has 220 valence electrons. The average molecular weight is 565 g/mol. The summed E-state index contributed by atoms with van der Waals surface area (Å²) >= 11 is 0. The van der Waals surface area contributed by atoms with E-state index >= 15 is 0 Å². The fourth-order valence-electron chi connectivity index (χ4n) is 5.86. The topological polar surface area (TPSA) is 101 Å². The van der Waals surface area contributed by atoms with Gasteiger partial charge in [0.05, 0.1) is 6.04 Å². The van der Waals surface area contributed by atoms with Crippen molar-refractivity contribution in [1.82, 2.24) is 20.0 Å². The lowest BCUT2D eigenvalue weighted by molar-refractivity contribution is -0.191. The number of hydrogen-bond acceptors (Lipinski definition) is 7. The number of carbonyl (C=O) groups excluding carboxylic acids is 3. The molecule has 2 fully saturated rings. The number of benzene rings is 2. The Labute approximate surface area is 241 Å². The van der Waals surface area contributed by atoms with Crippen molar-refractivity contribution in [3.05, 3.63) is 53.6 Å². The summed E-state index contributed by atoms with van der Waals surface area (Å²) in [5, 5.41) is 3.06.